The zero-order valence-electron chi connectivity index (χ0n) is 18.7. The van der Waals surface area contributed by atoms with Gasteiger partial charge in [-0.05, 0) is 55.7 Å². The van der Waals surface area contributed by atoms with Crippen molar-refractivity contribution < 1.29 is 18.7 Å². The summed E-state index contributed by atoms with van der Waals surface area (Å²) in [7, 11) is 0. The van der Waals surface area contributed by atoms with Crippen molar-refractivity contribution in [2.75, 3.05) is 25.1 Å². The normalized spacial score (nSPS) is 15.8. The van der Waals surface area contributed by atoms with Crippen LogP contribution >= 0.6 is 0 Å². The number of hydrogen-bond donors (Lipinski definition) is 1. The van der Waals surface area contributed by atoms with Gasteiger partial charge in [-0.2, -0.15) is 0 Å². The Labute approximate surface area is 187 Å². The van der Waals surface area contributed by atoms with Gasteiger partial charge < -0.3 is 19.7 Å². The van der Waals surface area contributed by atoms with Crippen molar-refractivity contribution >= 4 is 22.5 Å². The molecule has 1 aromatic heterocycles. The first-order valence-electron chi connectivity index (χ1n) is 11.0. The van der Waals surface area contributed by atoms with Gasteiger partial charge in [-0.1, -0.05) is 6.07 Å². The monoisotopic (exact) mass is 437 g/mol. The molecule has 0 fully saturated rings. The third-order valence-corrected chi connectivity index (χ3v) is 5.71. The van der Waals surface area contributed by atoms with Crippen LogP contribution in [0.3, 0.4) is 0 Å². The van der Waals surface area contributed by atoms with E-state index in [-0.39, 0.29) is 17.8 Å². The molecule has 168 valence electrons. The number of amides is 1. The van der Waals surface area contributed by atoms with Crippen LogP contribution < -0.4 is 14.8 Å². The van der Waals surface area contributed by atoms with Gasteiger partial charge in [0.2, 0.25) is 5.91 Å². The summed E-state index contributed by atoms with van der Waals surface area (Å²) in [5.74, 6) is 1.02. The Balaban J connectivity index is 1.74. The molecule has 1 aliphatic rings. The molecule has 6 nitrogen and oxygen atoms in total. The van der Waals surface area contributed by atoms with Crippen LogP contribution in [0.25, 0.3) is 10.9 Å². The summed E-state index contributed by atoms with van der Waals surface area (Å²) in [4.78, 5) is 18.3. The lowest BCUT2D eigenvalue weighted by atomic mass is 9.98. The maximum atomic E-state index is 14.0. The molecular weight excluding hydrogens is 409 g/mol. The van der Waals surface area contributed by atoms with Gasteiger partial charge in [-0.25, -0.2) is 4.39 Å². The van der Waals surface area contributed by atoms with Crippen LogP contribution in [-0.2, 0) is 11.3 Å². The van der Waals surface area contributed by atoms with E-state index in [1.54, 1.807) is 18.0 Å². The van der Waals surface area contributed by atoms with Crippen LogP contribution in [0.4, 0.5) is 10.1 Å². The first-order valence-corrected chi connectivity index (χ1v) is 11.0. The van der Waals surface area contributed by atoms with Crippen LogP contribution in [0.2, 0.25) is 0 Å². The topological polar surface area (TPSA) is 63.7 Å². The molecule has 0 radical (unpaired) electrons. The summed E-state index contributed by atoms with van der Waals surface area (Å²) in [5.41, 5.74) is 3.51. The van der Waals surface area contributed by atoms with E-state index in [4.69, 9.17) is 9.47 Å². The smallest absolute Gasteiger partial charge is 0.219 e. The number of carbonyl (C=O) groups is 1. The standard InChI is InChI=1S/C25H28FN3O3/c1-4-31-24-13-20-21(8-10-27-23(20)14-25(24)32-5-2)28-22-9-11-29(16(3)30)15-17-12-18(26)6-7-19(17)22/h6-8,10,12-14,22H,4-5,9,11,15H2,1-3H3,(H,27,28). The molecule has 2 aromatic carbocycles. The van der Waals surface area contributed by atoms with Gasteiger partial charge >= 0.3 is 0 Å². The van der Waals surface area contributed by atoms with E-state index < -0.39 is 0 Å². The molecule has 0 saturated heterocycles. The van der Waals surface area contributed by atoms with E-state index in [0.717, 1.165) is 27.7 Å². The first kappa shape index (κ1) is 21.9. The number of rotatable bonds is 6. The number of ether oxygens (including phenoxy) is 2. The van der Waals surface area contributed by atoms with Gasteiger partial charge in [-0.3, -0.25) is 9.78 Å². The molecule has 1 N–H and O–H groups in total. The van der Waals surface area contributed by atoms with E-state index in [1.165, 1.54) is 12.1 Å². The molecule has 32 heavy (non-hydrogen) atoms. The maximum absolute atomic E-state index is 14.0. The Bertz CT molecular complexity index is 1130. The fraction of sp³-hybridized carbons (Fsp3) is 0.360. The number of pyridine rings is 1. The van der Waals surface area contributed by atoms with Gasteiger partial charge in [-0.15, -0.1) is 0 Å². The highest BCUT2D eigenvalue weighted by Gasteiger charge is 2.25. The average molecular weight is 438 g/mol. The number of nitrogens with zero attached hydrogens (tertiary/aromatic N) is 2. The zero-order valence-corrected chi connectivity index (χ0v) is 18.7. The summed E-state index contributed by atoms with van der Waals surface area (Å²) in [6.07, 6.45) is 2.46. The van der Waals surface area contributed by atoms with E-state index in [2.05, 4.69) is 10.3 Å². The predicted molar refractivity (Wildman–Crippen MR) is 123 cm³/mol. The number of nitrogens with one attached hydrogen (secondary N) is 1. The molecule has 0 spiro atoms. The molecule has 0 bridgehead atoms. The largest absolute Gasteiger partial charge is 0.490 e. The highest BCUT2D eigenvalue weighted by atomic mass is 19.1. The minimum absolute atomic E-state index is 0.0139. The summed E-state index contributed by atoms with van der Waals surface area (Å²) in [5, 5.41) is 4.54. The van der Waals surface area contributed by atoms with Crippen molar-refractivity contribution in [3.05, 3.63) is 59.5 Å². The molecule has 1 unspecified atom stereocenters. The molecule has 1 aliphatic heterocycles. The van der Waals surface area contributed by atoms with Crippen molar-refractivity contribution in [1.29, 1.82) is 0 Å². The number of anilines is 1. The number of hydrogen-bond acceptors (Lipinski definition) is 5. The molecule has 3 aromatic rings. The summed E-state index contributed by atoms with van der Waals surface area (Å²) < 4.78 is 25.5. The minimum atomic E-state index is -0.299. The van der Waals surface area contributed by atoms with E-state index >= 15 is 0 Å². The SMILES string of the molecule is CCOc1cc2nccc(NC3CCN(C(C)=O)Cc4cc(F)ccc43)c2cc1OCC. The average Bonchev–Trinajstić information content (AvgIpc) is 2.94. The lowest BCUT2D eigenvalue weighted by Crippen LogP contribution is -2.28. The highest BCUT2D eigenvalue weighted by Crippen LogP contribution is 2.37. The number of benzene rings is 2. The van der Waals surface area contributed by atoms with Crippen LogP contribution in [0.1, 0.15) is 44.4 Å². The summed E-state index contributed by atoms with van der Waals surface area (Å²) in [6.45, 7) is 7.47. The van der Waals surface area contributed by atoms with Gasteiger partial charge in [0, 0.05) is 43.4 Å². The second-order valence-corrected chi connectivity index (χ2v) is 7.81. The molecule has 7 heteroatoms. The molecule has 4 rings (SSSR count). The number of halogens is 1. The fourth-order valence-corrected chi connectivity index (χ4v) is 4.20. The third kappa shape index (κ3) is 4.47. The molecular formula is C25H28FN3O3. The van der Waals surface area contributed by atoms with Gasteiger partial charge in [0.25, 0.3) is 0 Å². The Hall–Kier alpha value is -3.35. The Morgan fingerprint density at radius 2 is 1.91 bits per heavy atom. The fourth-order valence-electron chi connectivity index (χ4n) is 4.20. The van der Waals surface area contributed by atoms with Crippen LogP contribution in [0, 0.1) is 5.82 Å². The second-order valence-electron chi connectivity index (χ2n) is 7.81. The van der Waals surface area contributed by atoms with Gasteiger partial charge in [0.1, 0.15) is 5.82 Å². The van der Waals surface area contributed by atoms with Crippen LogP contribution in [0.5, 0.6) is 11.5 Å². The van der Waals surface area contributed by atoms with Crippen molar-refractivity contribution in [3.8, 4) is 11.5 Å². The summed E-state index contributed by atoms with van der Waals surface area (Å²) >= 11 is 0. The van der Waals surface area contributed by atoms with E-state index in [0.29, 0.717) is 44.2 Å². The summed E-state index contributed by atoms with van der Waals surface area (Å²) in [6, 6.07) is 10.5. The van der Waals surface area contributed by atoms with Crippen molar-refractivity contribution in [1.82, 2.24) is 9.88 Å². The first-order chi connectivity index (χ1) is 15.5. The second kappa shape index (κ2) is 9.42. The Kier molecular flexibility index (Phi) is 6.44. The van der Waals surface area contributed by atoms with Gasteiger partial charge in [0.05, 0.1) is 24.8 Å². The lowest BCUT2D eigenvalue weighted by Gasteiger charge is -2.22. The third-order valence-electron chi connectivity index (χ3n) is 5.71. The molecule has 2 heterocycles. The predicted octanol–water partition coefficient (Wildman–Crippen LogP) is 5.08. The molecule has 1 atom stereocenters. The highest BCUT2D eigenvalue weighted by molar-refractivity contribution is 5.93. The molecule has 1 amide bonds. The van der Waals surface area contributed by atoms with E-state index in [9.17, 15) is 9.18 Å². The number of carbonyl (C=O) groups excluding carboxylic acids is 1. The number of fused-ring (bicyclic) bond motifs is 2. The molecule has 0 saturated carbocycles. The van der Waals surface area contributed by atoms with Crippen molar-refractivity contribution in [2.45, 2.75) is 39.8 Å². The zero-order chi connectivity index (χ0) is 22.7. The van der Waals surface area contributed by atoms with Crippen molar-refractivity contribution in [2.24, 2.45) is 0 Å². The van der Waals surface area contributed by atoms with Crippen molar-refractivity contribution in [3.63, 3.8) is 0 Å². The molecule has 0 aliphatic carbocycles. The van der Waals surface area contributed by atoms with Gasteiger partial charge in [0.15, 0.2) is 11.5 Å². The Morgan fingerprint density at radius 3 is 2.62 bits per heavy atom. The Morgan fingerprint density at radius 1 is 1.16 bits per heavy atom. The maximum Gasteiger partial charge on any atom is 0.219 e. The van der Waals surface area contributed by atoms with E-state index in [1.807, 2.05) is 38.1 Å². The lowest BCUT2D eigenvalue weighted by molar-refractivity contribution is -0.129. The quantitative estimate of drug-likeness (QED) is 0.583. The van der Waals surface area contributed by atoms with Crippen LogP contribution in [0.15, 0.2) is 42.6 Å². The van der Waals surface area contributed by atoms with Crippen LogP contribution in [-0.4, -0.2) is 35.5 Å². The minimum Gasteiger partial charge on any atom is -0.490 e. The number of aromatic nitrogens is 1.